The number of fused-ring (bicyclic) bond motifs is 2. The average molecular weight is 376 g/mol. The van der Waals surface area contributed by atoms with Crippen molar-refractivity contribution >= 4 is 40.4 Å². The maximum absolute atomic E-state index is 12.7. The van der Waals surface area contributed by atoms with Gasteiger partial charge in [-0.25, -0.2) is 9.69 Å². The molecule has 0 saturated heterocycles. The number of amides is 2. The van der Waals surface area contributed by atoms with E-state index in [1.165, 1.54) is 6.07 Å². The van der Waals surface area contributed by atoms with Gasteiger partial charge < -0.3 is 9.32 Å². The quantitative estimate of drug-likeness (QED) is 0.395. The Labute approximate surface area is 159 Å². The first-order valence-corrected chi connectivity index (χ1v) is 8.73. The van der Waals surface area contributed by atoms with Crippen molar-refractivity contribution in [2.24, 2.45) is 0 Å². The summed E-state index contributed by atoms with van der Waals surface area (Å²) in [6, 6.07) is 11.3. The molecule has 0 aliphatic carbocycles. The number of nitrogens with zero attached hydrogens (tertiary/aromatic N) is 2. The van der Waals surface area contributed by atoms with E-state index in [1.807, 2.05) is 6.92 Å². The second-order valence-corrected chi connectivity index (χ2v) is 6.46. The fourth-order valence-corrected chi connectivity index (χ4v) is 3.42. The molecule has 0 fully saturated rings. The number of aldehydes is 1. The number of rotatable bonds is 4. The second kappa shape index (κ2) is 6.45. The third-order valence-corrected chi connectivity index (χ3v) is 4.92. The first-order chi connectivity index (χ1) is 13.5. The zero-order chi connectivity index (χ0) is 20.0. The van der Waals surface area contributed by atoms with E-state index in [4.69, 9.17) is 4.42 Å². The van der Waals surface area contributed by atoms with Crippen LogP contribution in [0.25, 0.3) is 11.0 Å². The van der Waals surface area contributed by atoms with Gasteiger partial charge in [0.2, 0.25) is 0 Å². The van der Waals surface area contributed by atoms with Gasteiger partial charge in [-0.15, -0.1) is 0 Å². The van der Waals surface area contributed by atoms with Crippen molar-refractivity contribution in [3.8, 4) is 0 Å². The van der Waals surface area contributed by atoms with Crippen LogP contribution in [0.1, 0.15) is 38.0 Å². The van der Waals surface area contributed by atoms with Crippen LogP contribution in [0.2, 0.25) is 0 Å². The van der Waals surface area contributed by atoms with Crippen LogP contribution in [0, 0.1) is 0 Å². The molecule has 0 bridgehead atoms. The normalized spacial score (nSPS) is 13.1. The van der Waals surface area contributed by atoms with Gasteiger partial charge in [0.05, 0.1) is 22.5 Å². The molecule has 140 valence electrons. The summed E-state index contributed by atoms with van der Waals surface area (Å²) in [6.45, 7) is 2.46. The van der Waals surface area contributed by atoms with Crippen molar-refractivity contribution in [3.05, 3.63) is 69.6 Å². The van der Waals surface area contributed by atoms with Crippen LogP contribution in [0.3, 0.4) is 0 Å². The average Bonchev–Trinajstić information content (AvgIpc) is 2.96. The lowest BCUT2D eigenvalue weighted by Crippen LogP contribution is -2.29. The minimum absolute atomic E-state index is 0.0645. The highest BCUT2D eigenvalue weighted by atomic mass is 16.4. The minimum atomic E-state index is -0.766. The molecule has 7 heteroatoms. The zero-order valence-corrected chi connectivity index (χ0v) is 15.3. The Bertz CT molecular complexity index is 1180. The molecule has 7 nitrogen and oxygen atoms in total. The topological polar surface area (TPSA) is 87.9 Å². The number of hydrogen-bond donors (Lipinski definition) is 0. The molecule has 3 aromatic rings. The molecule has 0 saturated carbocycles. The number of anilines is 2. The maximum atomic E-state index is 12.7. The maximum Gasteiger partial charge on any atom is 0.349 e. The predicted molar refractivity (Wildman–Crippen MR) is 104 cm³/mol. The summed E-state index contributed by atoms with van der Waals surface area (Å²) in [5.74, 6) is -0.865. The molecule has 4 rings (SSSR count). The van der Waals surface area contributed by atoms with Crippen molar-refractivity contribution in [1.82, 2.24) is 0 Å². The van der Waals surface area contributed by atoms with Crippen LogP contribution in [0.4, 0.5) is 11.4 Å². The number of hydrogen-bond acceptors (Lipinski definition) is 6. The molecule has 0 unspecified atom stereocenters. The standard InChI is InChI=1S/C21H16N2O5/c1-3-22(2)18-15-9-8-12(10-17(15)28-21(27)16(18)11-24)23-19(25)13-6-4-5-7-14(13)20(23)26/h4-11H,3H2,1-2H3. The van der Waals surface area contributed by atoms with E-state index in [1.54, 1.807) is 48.3 Å². The van der Waals surface area contributed by atoms with E-state index in [2.05, 4.69) is 0 Å². The highest BCUT2D eigenvalue weighted by Crippen LogP contribution is 2.33. The first kappa shape index (κ1) is 17.7. The van der Waals surface area contributed by atoms with Crippen molar-refractivity contribution in [2.45, 2.75) is 6.92 Å². The molecule has 1 aliphatic heterocycles. The van der Waals surface area contributed by atoms with Gasteiger partial charge in [0.15, 0.2) is 6.29 Å². The van der Waals surface area contributed by atoms with Crippen LogP contribution < -0.4 is 15.4 Å². The Morgan fingerprint density at radius 3 is 2.25 bits per heavy atom. The van der Waals surface area contributed by atoms with E-state index < -0.39 is 17.4 Å². The Morgan fingerprint density at radius 1 is 1.04 bits per heavy atom. The van der Waals surface area contributed by atoms with Crippen molar-refractivity contribution in [2.75, 3.05) is 23.4 Å². The highest BCUT2D eigenvalue weighted by Gasteiger charge is 2.36. The molecule has 2 aromatic carbocycles. The van der Waals surface area contributed by atoms with Crippen LogP contribution >= 0.6 is 0 Å². The molecule has 1 aliphatic rings. The molecule has 0 radical (unpaired) electrons. The number of imide groups is 1. The fraction of sp³-hybridized carbons (Fsp3) is 0.143. The van der Waals surface area contributed by atoms with E-state index in [9.17, 15) is 19.2 Å². The third kappa shape index (κ3) is 2.44. The minimum Gasteiger partial charge on any atom is -0.422 e. The van der Waals surface area contributed by atoms with Gasteiger partial charge in [0, 0.05) is 25.0 Å². The van der Waals surface area contributed by atoms with Gasteiger partial charge in [-0.1, -0.05) is 12.1 Å². The van der Waals surface area contributed by atoms with Crippen molar-refractivity contribution in [1.29, 1.82) is 0 Å². The van der Waals surface area contributed by atoms with Gasteiger partial charge in [-0.2, -0.15) is 0 Å². The van der Waals surface area contributed by atoms with E-state index >= 15 is 0 Å². The van der Waals surface area contributed by atoms with Gasteiger partial charge in [-0.3, -0.25) is 14.4 Å². The smallest absolute Gasteiger partial charge is 0.349 e. The number of benzene rings is 2. The van der Waals surface area contributed by atoms with Crippen molar-refractivity contribution in [3.63, 3.8) is 0 Å². The van der Waals surface area contributed by atoms with Crippen LogP contribution in [-0.4, -0.2) is 31.7 Å². The summed E-state index contributed by atoms with van der Waals surface area (Å²) in [5.41, 5.74) is 0.777. The van der Waals surface area contributed by atoms with E-state index in [0.29, 0.717) is 40.7 Å². The van der Waals surface area contributed by atoms with Gasteiger partial charge in [-0.05, 0) is 31.2 Å². The number of carbonyl (C=O) groups excluding carboxylic acids is 3. The Morgan fingerprint density at radius 2 is 1.68 bits per heavy atom. The van der Waals surface area contributed by atoms with Crippen LogP contribution in [0.15, 0.2) is 51.7 Å². The zero-order valence-electron chi connectivity index (χ0n) is 15.3. The second-order valence-electron chi connectivity index (χ2n) is 6.46. The molecule has 0 atom stereocenters. The summed E-state index contributed by atoms with van der Waals surface area (Å²) >= 11 is 0. The Hall–Kier alpha value is -3.74. The van der Waals surface area contributed by atoms with Crippen LogP contribution in [0.5, 0.6) is 0 Å². The summed E-state index contributed by atoms with van der Waals surface area (Å²) in [4.78, 5) is 51.9. The summed E-state index contributed by atoms with van der Waals surface area (Å²) in [6.07, 6.45) is 0.477. The molecule has 1 aromatic heterocycles. The summed E-state index contributed by atoms with van der Waals surface area (Å²) in [5, 5.41) is 0.548. The van der Waals surface area contributed by atoms with E-state index in [0.717, 1.165) is 4.90 Å². The predicted octanol–water partition coefficient (Wildman–Crippen LogP) is 2.86. The van der Waals surface area contributed by atoms with Gasteiger partial charge in [0.25, 0.3) is 11.8 Å². The molecule has 28 heavy (non-hydrogen) atoms. The van der Waals surface area contributed by atoms with Crippen LogP contribution in [-0.2, 0) is 0 Å². The molecule has 2 heterocycles. The third-order valence-electron chi connectivity index (χ3n) is 4.92. The van der Waals surface area contributed by atoms with Crippen molar-refractivity contribution < 1.29 is 18.8 Å². The Kier molecular flexibility index (Phi) is 4.07. The molecular formula is C21H16N2O5. The van der Waals surface area contributed by atoms with Gasteiger partial charge in [0.1, 0.15) is 11.1 Å². The lowest BCUT2D eigenvalue weighted by atomic mass is 10.1. The molecule has 0 spiro atoms. The molecule has 2 amide bonds. The first-order valence-electron chi connectivity index (χ1n) is 8.73. The fourth-order valence-electron chi connectivity index (χ4n) is 3.42. The Balaban J connectivity index is 1.91. The SMILES string of the molecule is CCN(C)c1c(C=O)c(=O)oc2cc(N3C(=O)c4ccccc4C3=O)ccc12. The number of carbonyl (C=O) groups is 3. The molecule has 0 N–H and O–H groups in total. The lowest BCUT2D eigenvalue weighted by Gasteiger charge is -2.21. The highest BCUT2D eigenvalue weighted by molar-refractivity contribution is 6.34. The summed E-state index contributed by atoms with van der Waals surface area (Å²) < 4.78 is 5.30. The largest absolute Gasteiger partial charge is 0.422 e. The van der Waals surface area contributed by atoms with Gasteiger partial charge >= 0.3 is 5.63 Å². The van der Waals surface area contributed by atoms with E-state index in [-0.39, 0.29) is 11.1 Å². The monoisotopic (exact) mass is 376 g/mol. The summed E-state index contributed by atoms with van der Waals surface area (Å²) in [7, 11) is 1.76. The lowest BCUT2D eigenvalue weighted by molar-refractivity contribution is 0.0925. The molecular weight excluding hydrogens is 360 g/mol.